The summed E-state index contributed by atoms with van der Waals surface area (Å²) < 4.78 is 79.3. The molecule has 2 saturated carbocycles. The van der Waals surface area contributed by atoms with Crippen LogP contribution in [0.25, 0.3) is 0 Å². The Balaban J connectivity index is 0.000000228. The van der Waals surface area contributed by atoms with Crippen LogP contribution in [0.2, 0.25) is 0 Å². The Bertz CT molecular complexity index is 815. The van der Waals surface area contributed by atoms with E-state index in [0.29, 0.717) is 18.3 Å². The smallest absolute Gasteiger partial charge is 0.342 e. The van der Waals surface area contributed by atoms with Gasteiger partial charge in [0.25, 0.3) is 0 Å². The molecular weight excluding hydrogens is 536 g/mol. The Hall–Kier alpha value is -1.40. The van der Waals surface area contributed by atoms with Crippen LogP contribution in [0.1, 0.15) is 25.7 Å². The highest BCUT2D eigenvalue weighted by Gasteiger charge is 2.43. The molecule has 0 aliphatic heterocycles. The van der Waals surface area contributed by atoms with Crippen molar-refractivity contribution in [3.63, 3.8) is 0 Å². The summed E-state index contributed by atoms with van der Waals surface area (Å²) in [6.07, 6.45) is 11.1. The number of hydrogen-bond donors (Lipinski definition) is 0. The molecule has 2 fully saturated rings. The molecule has 0 spiro atoms. The first-order chi connectivity index (χ1) is 14.9. The Labute approximate surface area is 200 Å². The third kappa shape index (κ3) is 7.29. The minimum absolute atomic E-state index is 0. The molecule has 0 radical (unpaired) electrons. The van der Waals surface area contributed by atoms with Gasteiger partial charge >= 0.3 is 22.0 Å². The lowest BCUT2D eigenvalue weighted by atomic mass is 9.94. The first kappa shape index (κ1) is 27.8. The molecule has 12 heteroatoms. The van der Waals surface area contributed by atoms with Crippen LogP contribution >= 0.6 is 15.9 Å². The van der Waals surface area contributed by atoms with Crippen LogP contribution in [-0.2, 0) is 30.1 Å². The lowest BCUT2D eigenvalue weighted by Crippen LogP contribution is -2.33. The number of fused-ring (bicyclic) bond motifs is 4. The van der Waals surface area contributed by atoms with E-state index < -0.39 is 52.2 Å². The molecule has 7 atom stereocenters. The van der Waals surface area contributed by atoms with Gasteiger partial charge in [0.1, 0.15) is 0 Å². The van der Waals surface area contributed by atoms with Crippen molar-refractivity contribution in [1.82, 2.24) is 0 Å². The minimum Gasteiger partial charge on any atom is -0.768 e. The highest BCUT2D eigenvalue weighted by Crippen LogP contribution is 2.45. The van der Waals surface area contributed by atoms with Crippen molar-refractivity contribution in [3.8, 4) is 0 Å². The molecule has 186 valence electrons. The van der Waals surface area contributed by atoms with E-state index in [4.69, 9.17) is 0 Å². The van der Waals surface area contributed by atoms with Crippen molar-refractivity contribution in [1.29, 1.82) is 0 Å². The summed E-state index contributed by atoms with van der Waals surface area (Å²) in [6.45, 7) is -2.29. The van der Waals surface area contributed by atoms with E-state index in [1.54, 1.807) is 0 Å². The zero-order valence-corrected chi connectivity index (χ0v) is 20.2. The van der Waals surface area contributed by atoms with Gasteiger partial charge in [-0.25, -0.2) is 0 Å². The molecule has 4 rings (SSSR count). The highest BCUT2D eigenvalue weighted by atomic mass is 79.9. The largest absolute Gasteiger partial charge is 0.768 e. The predicted molar refractivity (Wildman–Crippen MR) is 114 cm³/mol. The zero-order valence-electron chi connectivity index (χ0n) is 17.8. The molecule has 0 heterocycles. The van der Waals surface area contributed by atoms with Gasteiger partial charge in [0.2, 0.25) is 0 Å². The van der Waals surface area contributed by atoms with Gasteiger partial charge in [0, 0.05) is 18.5 Å². The van der Waals surface area contributed by atoms with E-state index in [2.05, 4.69) is 31.5 Å². The molecule has 0 aromatic rings. The van der Waals surface area contributed by atoms with Gasteiger partial charge in [0.05, 0.1) is 11.8 Å². The second kappa shape index (κ2) is 10.9. The van der Waals surface area contributed by atoms with Gasteiger partial charge < -0.3 is 14.0 Å². The van der Waals surface area contributed by atoms with E-state index in [0.717, 1.165) is 19.3 Å². The van der Waals surface area contributed by atoms with Crippen LogP contribution in [0.3, 0.4) is 0 Å². The highest BCUT2D eigenvalue weighted by molar-refractivity contribution is 9.10. The second-order valence-corrected chi connectivity index (χ2v) is 10.7. The number of carbonyl (C=O) groups is 2. The summed E-state index contributed by atoms with van der Waals surface area (Å²) in [5, 5.41) is -4.01. The van der Waals surface area contributed by atoms with Gasteiger partial charge in [-0.3, -0.25) is 13.8 Å². The van der Waals surface area contributed by atoms with Crippen molar-refractivity contribution in [2.24, 2.45) is 35.5 Å². The van der Waals surface area contributed by atoms with Crippen molar-refractivity contribution in [3.05, 3.63) is 31.7 Å². The summed E-state index contributed by atoms with van der Waals surface area (Å²) in [4.78, 5) is 19.9. The van der Waals surface area contributed by atoms with Crippen molar-refractivity contribution >= 4 is 38.9 Å². The fraction of sp³-hybridized carbons (Fsp3) is 0.667. The normalized spacial score (nSPS) is 32.1. The van der Waals surface area contributed by atoms with Crippen molar-refractivity contribution in [2.75, 3.05) is 13.2 Å². The maximum absolute atomic E-state index is 12.7. The summed E-state index contributed by atoms with van der Waals surface area (Å²) >= 11 is -1.44. The molecule has 0 aromatic carbocycles. The summed E-state index contributed by atoms with van der Waals surface area (Å²) in [5.41, 5.74) is 0. The first-order valence-corrected chi connectivity index (χ1v) is 12.0. The Morgan fingerprint density at radius 2 is 1.30 bits per heavy atom. The maximum Gasteiger partial charge on any atom is 0.342 e. The molecule has 33 heavy (non-hydrogen) atoms. The Morgan fingerprint density at radius 3 is 1.61 bits per heavy atom. The van der Waals surface area contributed by atoms with Crippen LogP contribution < -0.4 is 0 Å². The quantitative estimate of drug-likeness (QED) is 0.114. The molecule has 7 unspecified atom stereocenters. The van der Waals surface area contributed by atoms with E-state index >= 15 is 0 Å². The van der Waals surface area contributed by atoms with Gasteiger partial charge in [-0.05, 0) is 65.3 Å². The topological polar surface area (TPSA) is 92.7 Å². The Kier molecular flexibility index (Phi) is 9.19. The minimum atomic E-state index is -4.01. The number of allylic oxidation sites excluding steroid dienone is 4. The van der Waals surface area contributed by atoms with Crippen LogP contribution in [-0.4, -0.2) is 44.0 Å². The summed E-state index contributed by atoms with van der Waals surface area (Å²) in [5.74, 6) is -0.817. The third-order valence-corrected chi connectivity index (χ3v) is 7.00. The lowest BCUT2D eigenvalue weighted by Gasteiger charge is -2.21. The molecule has 0 saturated heterocycles. The van der Waals surface area contributed by atoms with Crippen LogP contribution in [0.15, 0.2) is 24.3 Å². The number of esters is 2. The lowest BCUT2D eigenvalue weighted by molar-refractivity contribution is -0.155. The van der Waals surface area contributed by atoms with Crippen LogP contribution in [0.5, 0.6) is 0 Å². The van der Waals surface area contributed by atoms with Gasteiger partial charge in [-0.2, -0.15) is 17.6 Å². The summed E-state index contributed by atoms with van der Waals surface area (Å²) in [6, 6.07) is 0. The Morgan fingerprint density at radius 1 is 0.879 bits per heavy atom. The number of ether oxygens (including phenoxy) is 2. The molecular formula is C21H25BrF4O6S. The fourth-order valence-corrected chi connectivity index (χ4v) is 4.94. The predicted octanol–water partition coefficient (Wildman–Crippen LogP) is 4.39. The van der Waals surface area contributed by atoms with Gasteiger partial charge in [-0.15, -0.1) is 0 Å². The van der Waals surface area contributed by atoms with E-state index in [-0.39, 0.29) is 25.2 Å². The van der Waals surface area contributed by atoms with Crippen molar-refractivity contribution in [2.45, 2.75) is 35.8 Å². The SMILES string of the molecule is O=C(OCC(F)(F)Br)C1CC2C=CC1C2.O=C(OCC(F)(F)S(=O)[O-])C1CC2C=CC1C2.[CH3+]. The molecule has 4 aliphatic carbocycles. The zero-order chi connectivity index (χ0) is 23.7. The van der Waals surface area contributed by atoms with Gasteiger partial charge in [-0.1, -0.05) is 24.3 Å². The maximum atomic E-state index is 12.7. The molecule has 0 N–H and O–H groups in total. The monoisotopic (exact) mass is 560 g/mol. The number of rotatable bonds is 7. The first-order valence-electron chi connectivity index (χ1n) is 10.1. The van der Waals surface area contributed by atoms with Crippen LogP contribution in [0, 0.1) is 42.9 Å². The van der Waals surface area contributed by atoms with E-state index in [1.807, 2.05) is 18.2 Å². The van der Waals surface area contributed by atoms with Gasteiger partial charge in [0.15, 0.2) is 13.2 Å². The standard InChI is InChI=1S/C10H11BrF2O2.C10H12F2O4S.CH3/c11-10(12,13)5-15-9(14)8-4-6-1-2-7(8)3-6;11-10(12,17(14)15)5-16-9(13)8-4-6-1-2-7(8)3-6;/h1-2,6-8H,3-5H2;1-2,6-8H,3-5H2,(H,14,15);1H3/q;;+1/p-1. The third-order valence-electron chi connectivity index (χ3n) is 6.17. The molecule has 6 nitrogen and oxygen atoms in total. The average Bonchev–Trinajstić information content (AvgIpc) is 3.51. The number of alkyl halides is 5. The molecule has 4 bridgehead atoms. The van der Waals surface area contributed by atoms with Crippen molar-refractivity contribution < 1.29 is 45.4 Å². The second-order valence-electron chi connectivity index (χ2n) is 8.48. The average molecular weight is 561 g/mol. The molecule has 0 aromatic heterocycles. The molecule has 0 amide bonds. The summed E-state index contributed by atoms with van der Waals surface area (Å²) in [7, 11) is 0. The van der Waals surface area contributed by atoms with E-state index in [1.165, 1.54) is 0 Å². The van der Waals surface area contributed by atoms with E-state index in [9.17, 15) is 35.9 Å². The van der Waals surface area contributed by atoms with Crippen LogP contribution in [0.4, 0.5) is 17.6 Å². The molecule has 4 aliphatic rings. The number of hydrogen-bond acceptors (Lipinski definition) is 6. The number of halogens is 5. The fourth-order valence-electron chi connectivity index (χ4n) is 4.67. The number of carbonyl (C=O) groups excluding carboxylic acids is 2.